The number of hydrogen-bond acceptors (Lipinski definition) is 5. The second kappa shape index (κ2) is 8.22. The van der Waals surface area contributed by atoms with Crippen molar-refractivity contribution in [2.45, 2.75) is 90.3 Å². The lowest BCUT2D eigenvalue weighted by atomic mass is 9.43. The summed E-state index contributed by atoms with van der Waals surface area (Å²) in [6, 6.07) is 0. The quantitative estimate of drug-likeness (QED) is 0.357. The van der Waals surface area contributed by atoms with E-state index in [-0.39, 0.29) is 16.9 Å². The summed E-state index contributed by atoms with van der Waals surface area (Å²) < 4.78 is 0. The molecule has 0 aromatic rings. The lowest BCUT2D eigenvalue weighted by Gasteiger charge is -2.63. The molecule has 0 amide bonds. The lowest BCUT2D eigenvalue weighted by Crippen LogP contribution is -2.62. The second-order valence-electron chi connectivity index (χ2n) is 11.2. The summed E-state index contributed by atoms with van der Waals surface area (Å²) in [5.41, 5.74) is 6.18. The maximum absolute atomic E-state index is 12.2. The van der Waals surface area contributed by atoms with E-state index in [1.807, 2.05) is 0 Å². The minimum atomic E-state index is -0.575. The number of hydrogen-bond donors (Lipinski definition) is 3. The van der Waals surface area contributed by atoms with Crippen molar-refractivity contribution in [3.8, 4) is 0 Å². The van der Waals surface area contributed by atoms with Crippen LogP contribution in [0.15, 0.2) is 16.8 Å². The van der Waals surface area contributed by atoms with Gasteiger partial charge in [0.1, 0.15) is 6.61 Å². The van der Waals surface area contributed by atoms with Gasteiger partial charge in [0.25, 0.3) is 0 Å². The molecule has 4 rings (SSSR count). The van der Waals surface area contributed by atoms with Crippen LogP contribution in [0.2, 0.25) is 0 Å². The molecule has 4 N–H and O–H groups in total. The van der Waals surface area contributed by atoms with Crippen LogP contribution in [0.25, 0.3) is 0 Å². The fourth-order valence-corrected chi connectivity index (χ4v) is 8.10. The van der Waals surface area contributed by atoms with Crippen LogP contribution in [0.1, 0.15) is 78.6 Å². The Morgan fingerprint density at radius 1 is 1.10 bits per heavy atom. The van der Waals surface area contributed by atoms with Crippen molar-refractivity contribution in [1.82, 2.24) is 0 Å². The summed E-state index contributed by atoms with van der Waals surface area (Å²) in [7, 11) is 0. The van der Waals surface area contributed by atoms with Crippen molar-refractivity contribution in [2.24, 2.45) is 45.4 Å². The van der Waals surface area contributed by atoms with Gasteiger partial charge >= 0.3 is 0 Å². The third-order valence-electron chi connectivity index (χ3n) is 9.90. The number of aliphatic hydroxyl groups excluding tert-OH is 1. The Kier molecular flexibility index (Phi) is 6.10. The average Bonchev–Trinajstić information content (AvgIpc) is 2.97. The molecule has 0 saturated heterocycles. The highest BCUT2D eigenvalue weighted by Gasteiger charge is 2.66. The first-order chi connectivity index (χ1) is 14.2. The molecule has 0 radical (unpaired) electrons. The molecule has 8 atom stereocenters. The van der Waals surface area contributed by atoms with Crippen LogP contribution in [0.4, 0.5) is 0 Å². The van der Waals surface area contributed by atoms with E-state index in [4.69, 9.17) is 10.6 Å². The first kappa shape index (κ1) is 22.3. The number of allylic oxidation sites excluding steroid dienone is 2. The predicted molar refractivity (Wildman–Crippen MR) is 120 cm³/mol. The number of aliphatic hydroxyl groups is 2. The molecule has 0 spiro atoms. The minimum Gasteiger partial charge on any atom is -0.394 e. The molecular formula is C25H42N2O3. The summed E-state index contributed by atoms with van der Waals surface area (Å²) in [4.78, 5) is 5.15. The van der Waals surface area contributed by atoms with Gasteiger partial charge in [-0.25, -0.2) is 0 Å². The Morgan fingerprint density at radius 3 is 2.67 bits per heavy atom. The molecule has 0 aromatic carbocycles. The van der Waals surface area contributed by atoms with Gasteiger partial charge in [-0.05, 0) is 99.4 Å². The molecule has 0 aromatic heterocycles. The van der Waals surface area contributed by atoms with Crippen molar-refractivity contribution in [3.05, 3.63) is 11.6 Å². The van der Waals surface area contributed by atoms with Crippen LogP contribution in [-0.4, -0.2) is 41.3 Å². The molecular weight excluding hydrogens is 376 g/mol. The molecule has 5 nitrogen and oxygen atoms in total. The maximum Gasteiger partial charge on any atom is 0.129 e. The minimum absolute atomic E-state index is 0.0707. The third-order valence-corrected chi connectivity index (χ3v) is 9.90. The molecule has 0 unspecified atom stereocenters. The highest BCUT2D eigenvalue weighted by molar-refractivity contribution is 5.77. The molecule has 4 aliphatic carbocycles. The SMILES string of the molecule is CC(=C/[C@H]1CC[C@]2(O)[C@@H]3CC[C@@H]4C[C@@H](O)CC[C@]4(C)[C@H]3CC[C@]12C)/C=N/OCCN. The van der Waals surface area contributed by atoms with Gasteiger partial charge in [0.2, 0.25) is 0 Å². The normalized spacial score (nSPS) is 48.9. The van der Waals surface area contributed by atoms with E-state index in [9.17, 15) is 10.2 Å². The second-order valence-corrected chi connectivity index (χ2v) is 11.2. The van der Waals surface area contributed by atoms with Gasteiger partial charge in [0, 0.05) is 12.0 Å². The van der Waals surface area contributed by atoms with Crippen LogP contribution >= 0.6 is 0 Å². The van der Waals surface area contributed by atoms with Crippen LogP contribution < -0.4 is 5.73 Å². The van der Waals surface area contributed by atoms with E-state index in [0.717, 1.165) is 56.9 Å². The van der Waals surface area contributed by atoms with E-state index >= 15 is 0 Å². The number of fused-ring (bicyclic) bond motifs is 5. The predicted octanol–water partition coefficient (Wildman–Crippen LogP) is 4.03. The average molecular weight is 419 g/mol. The molecule has 170 valence electrons. The monoisotopic (exact) mass is 418 g/mol. The van der Waals surface area contributed by atoms with Gasteiger partial charge in [-0.2, -0.15) is 0 Å². The Morgan fingerprint density at radius 2 is 1.90 bits per heavy atom. The van der Waals surface area contributed by atoms with Gasteiger partial charge in [-0.3, -0.25) is 0 Å². The van der Waals surface area contributed by atoms with Crippen LogP contribution in [0.5, 0.6) is 0 Å². The fraction of sp³-hybridized carbons (Fsp3) is 0.880. The summed E-state index contributed by atoms with van der Waals surface area (Å²) in [6.45, 7) is 7.79. The summed E-state index contributed by atoms with van der Waals surface area (Å²) in [6.07, 6.45) is 13.5. The highest BCUT2D eigenvalue weighted by atomic mass is 16.6. The highest BCUT2D eigenvalue weighted by Crippen LogP contribution is 2.69. The molecule has 4 fully saturated rings. The topological polar surface area (TPSA) is 88.1 Å². The molecule has 0 aliphatic heterocycles. The molecule has 4 aliphatic rings. The van der Waals surface area contributed by atoms with Gasteiger partial charge in [-0.1, -0.05) is 25.1 Å². The zero-order chi connectivity index (χ0) is 21.6. The van der Waals surface area contributed by atoms with Gasteiger partial charge in [0.05, 0.1) is 17.9 Å². The van der Waals surface area contributed by atoms with E-state index in [1.54, 1.807) is 6.21 Å². The van der Waals surface area contributed by atoms with Gasteiger partial charge < -0.3 is 20.8 Å². The van der Waals surface area contributed by atoms with E-state index in [1.165, 1.54) is 6.42 Å². The van der Waals surface area contributed by atoms with E-state index < -0.39 is 5.60 Å². The summed E-state index contributed by atoms with van der Waals surface area (Å²) >= 11 is 0. The van der Waals surface area contributed by atoms with E-state index in [0.29, 0.717) is 36.8 Å². The maximum atomic E-state index is 12.2. The number of nitrogens with two attached hydrogens (primary N) is 1. The van der Waals surface area contributed by atoms with Crippen molar-refractivity contribution in [3.63, 3.8) is 0 Å². The number of oxime groups is 1. The zero-order valence-electron chi connectivity index (χ0n) is 19.1. The zero-order valence-corrected chi connectivity index (χ0v) is 19.1. The first-order valence-electron chi connectivity index (χ1n) is 12.2. The molecule has 0 bridgehead atoms. The number of nitrogens with zero attached hydrogens (tertiary/aromatic N) is 1. The number of rotatable bonds is 5. The summed E-state index contributed by atoms with van der Waals surface area (Å²) in [5.74, 6) is 1.99. The van der Waals surface area contributed by atoms with E-state index in [2.05, 4.69) is 32.0 Å². The Bertz CT molecular complexity index is 694. The smallest absolute Gasteiger partial charge is 0.129 e. The third kappa shape index (κ3) is 3.45. The Hall–Kier alpha value is -0.910. The van der Waals surface area contributed by atoms with Crippen molar-refractivity contribution in [1.29, 1.82) is 0 Å². The Balaban J connectivity index is 1.54. The molecule has 4 saturated carbocycles. The molecule has 0 heterocycles. The summed E-state index contributed by atoms with van der Waals surface area (Å²) in [5, 5.41) is 26.4. The van der Waals surface area contributed by atoms with Crippen LogP contribution in [0.3, 0.4) is 0 Å². The molecule has 5 heteroatoms. The largest absolute Gasteiger partial charge is 0.394 e. The van der Waals surface area contributed by atoms with Gasteiger partial charge in [0.15, 0.2) is 0 Å². The van der Waals surface area contributed by atoms with Gasteiger partial charge in [-0.15, -0.1) is 0 Å². The van der Waals surface area contributed by atoms with Crippen molar-refractivity contribution in [2.75, 3.05) is 13.2 Å². The fourth-order valence-electron chi connectivity index (χ4n) is 8.10. The standard InChI is InChI=1S/C25H42N2O3/c1-17(16-27-30-13-12-26)14-19-6-11-25(29)22-5-4-18-15-20(28)7-9-23(18,2)21(22)8-10-24(19,25)3/h14,16,18-22,28-29H,4-13,15,26H2,1-3H3/b17-14-,27-16+/t18-,19-,20+,21+,22-,23+,24-,25+/m1/s1. The van der Waals surface area contributed by atoms with Crippen LogP contribution in [0, 0.1) is 34.5 Å². The van der Waals surface area contributed by atoms with Crippen LogP contribution in [-0.2, 0) is 4.84 Å². The van der Waals surface area contributed by atoms with Crippen molar-refractivity contribution < 1.29 is 15.1 Å². The first-order valence-corrected chi connectivity index (χ1v) is 12.2. The van der Waals surface area contributed by atoms with Crippen molar-refractivity contribution >= 4 is 6.21 Å². The Labute approximate surface area is 182 Å². The molecule has 30 heavy (non-hydrogen) atoms. The lowest BCUT2D eigenvalue weighted by molar-refractivity contribution is -0.207.